The van der Waals surface area contributed by atoms with Crippen LogP contribution in [0.5, 0.6) is 0 Å². The SMILES string of the molecule is CCON1Cc2ccsc2C1=O. The molecule has 0 saturated carbocycles. The Balaban J connectivity index is 2.21. The fraction of sp³-hybridized carbons (Fsp3) is 0.375. The van der Waals surface area contributed by atoms with Crippen molar-refractivity contribution in [3.63, 3.8) is 0 Å². The molecule has 0 bridgehead atoms. The fourth-order valence-corrected chi connectivity index (χ4v) is 2.10. The van der Waals surface area contributed by atoms with Crippen LogP contribution in [0.1, 0.15) is 22.2 Å². The number of rotatable bonds is 2. The molecule has 4 heteroatoms. The molecule has 0 saturated heterocycles. The van der Waals surface area contributed by atoms with E-state index in [4.69, 9.17) is 4.84 Å². The summed E-state index contributed by atoms with van der Waals surface area (Å²) in [5.41, 5.74) is 1.08. The Bertz CT molecular complexity index is 308. The maximum absolute atomic E-state index is 11.5. The standard InChI is InChI=1S/C8H9NO2S/c1-2-11-9-5-6-3-4-12-7(6)8(9)10/h3-4H,2,5H2,1H3. The average molecular weight is 183 g/mol. The molecule has 0 atom stereocenters. The third-order valence-electron chi connectivity index (χ3n) is 1.77. The maximum atomic E-state index is 11.5. The van der Waals surface area contributed by atoms with Gasteiger partial charge in [0.05, 0.1) is 18.0 Å². The van der Waals surface area contributed by atoms with Crippen molar-refractivity contribution < 1.29 is 9.63 Å². The van der Waals surface area contributed by atoms with Crippen LogP contribution in [-0.2, 0) is 11.4 Å². The first-order chi connectivity index (χ1) is 5.83. The molecule has 64 valence electrons. The van der Waals surface area contributed by atoms with Gasteiger partial charge in [0.25, 0.3) is 5.91 Å². The van der Waals surface area contributed by atoms with Gasteiger partial charge in [0.1, 0.15) is 0 Å². The molecule has 0 spiro atoms. The second kappa shape index (κ2) is 2.88. The van der Waals surface area contributed by atoms with Crippen molar-refractivity contribution in [2.45, 2.75) is 13.5 Å². The molecule has 0 radical (unpaired) electrons. The van der Waals surface area contributed by atoms with Gasteiger partial charge in [0.15, 0.2) is 0 Å². The third kappa shape index (κ3) is 1.04. The summed E-state index contributed by atoms with van der Waals surface area (Å²) in [4.78, 5) is 17.4. The van der Waals surface area contributed by atoms with E-state index in [0.717, 1.165) is 10.4 Å². The molecule has 1 amide bonds. The highest BCUT2D eigenvalue weighted by atomic mass is 32.1. The van der Waals surface area contributed by atoms with Gasteiger partial charge >= 0.3 is 0 Å². The van der Waals surface area contributed by atoms with E-state index < -0.39 is 0 Å². The topological polar surface area (TPSA) is 29.5 Å². The number of carbonyl (C=O) groups excluding carboxylic acids is 1. The summed E-state index contributed by atoms with van der Waals surface area (Å²) in [5, 5.41) is 3.35. The van der Waals surface area contributed by atoms with Crippen molar-refractivity contribution in [2.24, 2.45) is 0 Å². The van der Waals surface area contributed by atoms with Crippen LogP contribution in [0, 0.1) is 0 Å². The highest BCUT2D eigenvalue weighted by Crippen LogP contribution is 2.27. The molecule has 3 nitrogen and oxygen atoms in total. The molecule has 0 unspecified atom stereocenters. The summed E-state index contributed by atoms with van der Waals surface area (Å²) in [5.74, 6) is 0.00171. The predicted molar refractivity (Wildman–Crippen MR) is 45.8 cm³/mol. The van der Waals surface area contributed by atoms with E-state index in [2.05, 4.69) is 0 Å². The maximum Gasteiger partial charge on any atom is 0.288 e. The summed E-state index contributed by atoms with van der Waals surface area (Å²) in [6.45, 7) is 3.02. The van der Waals surface area contributed by atoms with Crippen LogP contribution >= 0.6 is 11.3 Å². The number of hydroxylamine groups is 2. The normalized spacial score (nSPS) is 15.4. The molecule has 2 heterocycles. The van der Waals surface area contributed by atoms with E-state index in [9.17, 15) is 4.79 Å². The van der Waals surface area contributed by atoms with Crippen LogP contribution in [0.4, 0.5) is 0 Å². The summed E-state index contributed by atoms with van der Waals surface area (Å²) >= 11 is 1.48. The summed E-state index contributed by atoms with van der Waals surface area (Å²) in [7, 11) is 0. The lowest BCUT2D eigenvalue weighted by atomic mass is 10.3. The summed E-state index contributed by atoms with van der Waals surface area (Å²) in [6.07, 6.45) is 0. The second-order valence-electron chi connectivity index (χ2n) is 2.53. The number of nitrogens with zero attached hydrogens (tertiary/aromatic N) is 1. The van der Waals surface area contributed by atoms with Crippen molar-refractivity contribution in [3.05, 3.63) is 21.9 Å². The molecular weight excluding hydrogens is 174 g/mol. The molecule has 12 heavy (non-hydrogen) atoms. The zero-order valence-corrected chi connectivity index (χ0v) is 7.56. The Hall–Kier alpha value is -0.870. The monoisotopic (exact) mass is 183 g/mol. The first kappa shape index (κ1) is 7.76. The van der Waals surface area contributed by atoms with E-state index in [0.29, 0.717) is 13.2 Å². The van der Waals surface area contributed by atoms with Crippen molar-refractivity contribution in [3.8, 4) is 0 Å². The van der Waals surface area contributed by atoms with Crippen LogP contribution in [0.25, 0.3) is 0 Å². The minimum absolute atomic E-state index is 0.00171. The van der Waals surface area contributed by atoms with Crippen molar-refractivity contribution in [1.82, 2.24) is 5.06 Å². The minimum Gasteiger partial charge on any atom is -0.271 e. The quantitative estimate of drug-likeness (QED) is 0.697. The van der Waals surface area contributed by atoms with E-state index in [1.54, 1.807) is 0 Å². The van der Waals surface area contributed by atoms with Gasteiger partial charge in [-0.25, -0.2) is 5.06 Å². The molecule has 1 aromatic rings. The Morgan fingerprint density at radius 3 is 3.25 bits per heavy atom. The van der Waals surface area contributed by atoms with Gasteiger partial charge in [-0.05, 0) is 23.9 Å². The van der Waals surface area contributed by atoms with Crippen LogP contribution in [0.3, 0.4) is 0 Å². The van der Waals surface area contributed by atoms with Gasteiger partial charge in [-0.1, -0.05) is 0 Å². The van der Waals surface area contributed by atoms with Gasteiger partial charge in [0.2, 0.25) is 0 Å². The minimum atomic E-state index is 0.00171. The summed E-state index contributed by atoms with van der Waals surface area (Å²) in [6, 6.07) is 1.97. The lowest BCUT2D eigenvalue weighted by Gasteiger charge is -2.12. The molecule has 0 N–H and O–H groups in total. The van der Waals surface area contributed by atoms with Gasteiger partial charge < -0.3 is 0 Å². The van der Waals surface area contributed by atoms with Crippen molar-refractivity contribution in [2.75, 3.05) is 6.61 Å². The highest BCUT2D eigenvalue weighted by molar-refractivity contribution is 7.12. The molecule has 1 aliphatic rings. The zero-order chi connectivity index (χ0) is 8.55. The Kier molecular flexibility index (Phi) is 1.86. The van der Waals surface area contributed by atoms with E-state index in [1.165, 1.54) is 16.4 Å². The predicted octanol–water partition coefficient (Wildman–Crippen LogP) is 1.66. The lowest BCUT2D eigenvalue weighted by molar-refractivity contribution is -0.119. The summed E-state index contributed by atoms with van der Waals surface area (Å²) < 4.78 is 0. The fourth-order valence-electron chi connectivity index (χ4n) is 1.25. The largest absolute Gasteiger partial charge is 0.288 e. The van der Waals surface area contributed by atoms with Gasteiger partial charge in [-0.2, -0.15) is 0 Å². The number of hydrogen-bond acceptors (Lipinski definition) is 3. The van der Waals surface area contributed by atoms with Gasteiger partial charge in [0, 0.05) is 0 Å². The molecule has 0 aromatic carbocycles. The molecule has 1 aliphatic heterocycles. The average Bonchev–Trinajstić information content (AvgIpc) is 2.58. The Labute approximate surface area is 74.5 Å². The van der Waals surface area contributed by atoms with Crippen LogP contribution in [0.2, 0.25) is 0 Å². The molecule has 2 rings (SSSR count). The van der Waals surface area contributed by atoms with Crippen LogP contribution < -0.4 is 0 Å². The smallest absolute Gasteiger partial charge is 0.271 e. The first-order valence-electron chi connectivity index (χ1n) is 3.84. The van der Waals surface area contributed by atoms with Crippen LogP contribution in [0.15, 0.2) is 11.4 Å². The van der Waals surface area contributed by atoms with Crippen LogP contribution in [-0.4, -0.2) is 17.6 Å². The lowest BCUT2D eigenvalue weighted by Crippen LogP contribution is -2.23. The van der Waals surface area contributed by atoms with E-state index >= 15 is 0 Å². The second-order valence-corrected chi connectivity index (χ2v) is 3.45. The number of thiophene rings is 1. The number of fused-ring (bicyclic) bond motifs is 1. The van der Waals surface area contributed by atoms with E-state index in [-0.39, 0.29) is 5.91 Å². The Morgan fingerprint density at radius 2 is 2.58 bits per heavy atom. The molecule has 0 fully saturated rings. The van der Waals surface area contributed by atoms with Gasteiger partial charge in [-0.3, -0.25) is 9.63 Å². The molecule has 0 aliphatic carbocycles. The first-order valence-corrected chi connectivity index (χ1v) is 4.72. The number of hydrogen-bond donors (Lipinski definition) is 0. The van der Waals surface area contributed by atoms with Gasteiger partial charge in [-0.15, -0.1) is 11.3 Å². The third-order valence-corrected chi connectivity index (χ3v) is 2.71. The highest BCUT2D eigenvalue weighted by Gasteiger charge is 2.28. The molecular formula is C8H9NO2S. The molecule has 1 aromatic heterocycles. The van der Waals surface area contributed by atoms with Crippen molar-refractivity contribution >= 4 is 17.2 Å². The zero-order valence-electron chi connectivity index (χ0n) is 6.74. The van der Waals surface area contributed by atoms with E-state index in [1.807, 2.05) is 18.4 Å². The Morgan fingerprint density at radius 1 is 1.75 bits per heavy atom. The van der Waals surface area contributed by atoms with Crippen molar-refractivity contribution in [1.29, 1.82) is 0 Å². The number of amides is 1. The number of carbonyl (C=O) groups is 1.